The zero-order valence-electron chi connectivity index (χ0n) is 5.35. The van der Waals surface area contributed by atoms with Gasteiger partial charge in [-0.05, 0) is 13.0 Å². The normalized spacial score (nSPS) is 42.7. The fourth-order valence-corrected chi connectivity index (χ4v) is 1.50. The molecule has 2 aliphatic rings. The third-order valence-electron chi connectivity index (χ3n) is 2.08. The smallest absolute Gasteiger partial charge is 0.0872 e. The first-order valence-corrected chi connectivity index (χ1v) is 3.51. The first-order valence-electron chi connectivity index (χ1n) is 3.51. The molecule has 2 atom stereocenters. The molecule has 3 nitrogen and oxygen atoms in total. The molecule has 2 aliphatic heterocycles. The summed E-state index contributed by atoms with van der Waals surface area (Å²) in [6.45, 7) is 4.22. The van der Waals surface area contributed by atoms with E-state index in [1.165, 1.54) is 6.42 Å². The maximum atomic E-state index is 3.33. The summed E-state index contributed by atoms with van der Waals surface area (Å²) < 4.78 is 0. The number of rotatable bonds is 0. The summed E-state index contributed by atoms with van der Waals surface area (Å²) in [5.41, 5.74) is 0. The van der Waals surface area contributed by atoms with Gasteiger partial charge >= 0.3 is 0 Å². The van der Waals surface area contributed by atoms with E-state index < -0.39 is 0 Å². The average molecular weight is 126 g/mol. The molecule has 2 unspecified atom stereocenters. The summed E-state index contributed by atoms with van der Waals surface area (Å²) in [6, 6.07) is 1.32. The molecular formula is C6H12N3. The first-order chi connectivity index (χ1) is 4.47. The number of hydrogen-bond acceptors (Lipinski definition) is 3. The van der Waals surface area contributed by atoms with Crippen LogP contribution in [-0.4, -0.2) is 25.2 Å². The van der Waals surface area contributed by atoms with Crippen molar-refractivity contribution in [3.63, 3.8) is 0 Å². The van der Waals surface area contributed by atoms with Gasteiger partial charge in [0.05, 0.1) is 6.67 Å². The van der Waals surface area contributed by atoms with Gasteiger partial charge in [0.2, 0.25) is 0 Å². The van der Waals surface area contributed by atoms with E-state index in [2.05, 4.69) is 16.0 Å². The number of piperidine rings is 1. The van der Waals surface area contributed by atoms with Gasteiger partial charge in [0.1, 0.15) is 0 Å². The molecule has 3 N–H and O–H groups in total. The van der Waals surface area contributed by atoms with Crippen molar-refractivity contribution in [1.82, 2.24) is 16.0 Å². The van der Waals surface area contributed by atoms with Crippen LogP contribution in [0.3, 0.4) is 0 Å². The SMILES string of the molecule is [CH]1NC2CCNCC2N1. The summed E-state index contributed by atoms with van der Waals surface area (Å²) in [6.07, 6.45) is 1.24. The second-order valence-electron chi connectivity index (χ2n) is 2.68. The molecule has 0 aromatic rings. The van der Waals surface area contributed by atoms with E-state index in [1.54, 1.807) is 0 Å². The van der Waals surface area contributed by atoms with Gasteiger partial charge in [-0.2, -0.15) is 0 Å². The number of fused-ring (bicyclic) bond motifs is 1. The van der Waals surface area contributed by atoms with Crippen molar-refractivity contribution < 1.29 is 0 Å². The Balaban J connectivity index is 1.97. The largest absolute Gasteiger partial charge is 0.315 e. The lowest BCUT2D eigenvalue weighted by Gasteiger charge is -2.24. The van der Waals surface area contributed by atoms with Crippen molar-refractivity contribution in [1.29, 1.82) is 0 Å². The minimum Gasteiger partial charge on any atom is -0.315 e. The van der Waals surface area contributed by atoms with Gasteiger partial charge in [-0.25, -0.2) is 0 Å². The lowest BCUT2D eigenvalue weighted by atomic mass is 10.0. The molecule has 2 fully saturated rings. The Hall–Kier alpha value is -0.120. The highest BCUT2D eigenvalue weighted by molar-refractivity contribution is 4.96. The summed E-state index contributed by atoms with van der Waals surface area (Å²) in [5.74, 6) is 0. The summed E-state index contributed by atoms with van der Waals surface area (Å²) in [7, 11) is 0. The lowest BCUT2D eigenvalue weighted by Crippen LogP contribution is -2.48. The van der Waals surface area contributed by atoms with Gasteiger partial charge in [-0.15, -0.1) is 0 Å². The fraction of sp³-hybridized carbons (Fsp3) is 0.833. The third kappa shape index (κ3) is 0.956. The summed E-state index contributed by atoms with van der Waals surface area (Å²) in [5, 5.41) is 9.88. The molecule has 2 saturated heterocycles. The Morgan fingerprint density at radius 1 is 1.22 bits per heavy atom. The first kappa shape index (κ1) is 5.65. The van der Waals surface area contributed by atoms with E-state index in [9.17, 15) is 0 Å². The maximum absolute atomic E-state index is 3.33. The molecule has 2 heterocycles. The van der Waals surface area contributed by atoms with Crippen LogP contribution in [0.5, 0.6) is 0 Å². The van der Waals surface area contributed by atoms with Crippen molar-refractivity contribution in [2.75, 3.05) is 13.1 Å². The number of nitrogens with one attached hydrogen (secondary N) is 3. The van der Waals surface area contributed by atoms with Crippen LogP contribution in [0.25, 0.3) is 0 Å². The highest BCUT2D eigenvalue weighted by Crippen LogP contribution is 2.08. The topological polar surface area (TPSA) is 36.1 Å². The molecule has 0 saturated carbocycles. The highest BCUT2D eigenvalue weighted by atomic mass is 15.2. The second kappa shape index (κ2) is 2.25. The summed E-state index contributed by atoms with van der Waals surface area (Å²) in [4.78, 5) is 0. The van der Waals surface area contributed by atoms with E-state index in [-0.39, 0.29) is 0 Å². The molecule has 0 aromatic carbocycles. The van der Waals surface area contributed by atoms with Gasteiger partial charge < -0.3 is 5.32 Å². The van der Waals surface area contributed by atoms with Crippen LogP contribution in [0, 0.1) is 6.67 Å². The third-order valence-corrected chi connectivity index (χ3v) is 2.08. The molecule has 0 amide bonds. The fourth-order valence-electron chi connectivity index (χ4n) is 1.50. The van der Waals surface area contributed by atoms with Crippen LogP contribution in [-0.2, 0) is 0 Å². The minimum atomic E-state index is 0.638. The van der Waals surface area contributed by atoms with Gasteiger partial charge in [-0.3, -0.25) is 10.6 Å². The second-order valence-corrected chi connectivity index (χ2v) is 2.68. The Morgan fingerprint density at radius 3 is 3.00 bits per heavy atom. The van der Waals surface area contributed by atoms with Crippen molar-refractivity contribution in [2.24, 2.45) is 0 Å². The molecule has 2 rings (SSSR count). The quantitative estimate of drug-likeness (QED) is 0.391. The molecule has 1 radical (unpaired) electrons. The Labute approximate surface area is 55.2 Å². The maximum Gasteiger partial charge on any atom is 0.0872 e. The van der Waals surface area contributed by atoms with E-state index in [1.807, 2.05) is 6.67 Å². The Morgan fingerprint density at radius 2 is 2.11 bits per heavy atom. The molecule has 0 aliphatic carbocycles. The number of hydrogen-bond donors (Lipinski definition) is 3. The van der Waals surface area contributed by atoms with Crippen LogP contribution in [0.1, 0.15) is 6.42 Å². The zero-order chi connectivity index (χ0) is 6.10. The Kier molecular flexibility index (Phi) is 1.41. The lowest BCUT2D eigenvalue weighted by molar-refractivity contribution is 0.391. The predicted octanol–water partition coefficient (Wildman–Crippen LogP) is -0.971. The van der Waals surface area contributed by atoms with E-state index >= 15 is 0 Å². The molecule has 0 aromatic heterocycles. The van der Waals surface area contributed by atoms with Crippen LogP contribution in [0.4, 0.5) is 0 Å². The van der Waals surface area contributed by atoms with Crippen molar-refractivity contribution >= 4 is 0 Å². The van der Waals surface area contributed by atoms with Crippen LogP contribution < -0.4 is 16.0 Å². The van der Waals surface area contributed by atoms with Gasteiger partial charge in [0, 0.05) is 18.6 Å². The zero-order valence-corrected chi connectivity index (χ0v) is 5.35. The van der Waals surface area contributed by atoms with Crippen molar-refractivity contribution in [3.8, 4) is 0 Å². The van der Waals surface area contributed by atoms with Crippen LogP contribution in [0.15, 0.2) is 0 Å². The van der Waals surface area contributed by atoms with E-state index in [4.69, 9.17) is 0 Å². The monoisotopic (exact) mass is 126 g/mol. The molecule has 0 bridgehead atoms. The molecular weight excluding hydrogens is 114 g/mol. The summed E-state index contributed by atoms with van der Waals surface area (Å²) >= 11 is 0. The van der Waals surface area contributed by atoms with Gasteiger partial charge in [-0.1, -0.05) is 0 Å². The Bertz CT molecular complexity index is 92.5. The van der Waals surface area contributed by atoms with Gasteiger partial charge in [0.25, 0.3) is 0 Å². The minimum absolute atomic E-state index is 0.638. The van der Waals surface area contributed by atoms with Gasteiger partial charge in [0.15, 0.2) is 0 Å². The standard InChI is InChI=1S/C6H12N3/c1-2-7-3-6-5(1)8-4-9-6/h4-9H,1-3H2. The van der Waals surface area contributed by atoms with E-state index in [0.717, 1.165) is 13.1 Å². The van der Waals surface area contributed by atoms with Crippen molar-refractivity contribution in [2.45, 2.75) is 18.5 Å². The van der Waals surface area contributed by atoms with Crippen LogP contribution >= 0.6 is 0 Å². The molecule has 0 spiro atoms. The average Bonchev–Trinajstić information content (AvgIpc) is 2.33. The highest BCUT2D eigenvalue weighted by Gasteiger charge is 2.28. The molecule has 9 heavy (non-hydrogen) atoms. The van der Waals surface area contributed by atoms with Crippen LogP contribution in [0.2, 0.25) is 0 Å². The molecule has 51 valence electrons. The molecule has 3 heteroatoms. The van der Waals surface area contributed by atoms with Crippen molar-refractivity contribution in [3.05, 3.63) is 6.67 Å². The predicted molar refractivity (Wildman–Crippen MR) is 35.6 cm³/mol. The van der Waals surface area contributed by atoms with E-state index in [0.29, 0.717) is 12.1 Å².